The Morgan fingerprint density at radius 3 is 2.55 bits per heavy atom. The van der Waals surface area contributed by atoms with Gasteiger partial charge in [0.05, 0.1) is 12.6 Å². The van der Waals surface area contributed by atoms with Gasteiger partial charge >= 0.3 is 0 Å². The molecule has 1 N–H and O–H groups in total. The van der Waals surface area contributed by atoms with Crippen molar-refractivity contribution in [2.75, 3.05) is 18.5 Å². The fraction of sp³-hybridized carbons (Fsp3) is 0.688. The van der Waals surface area contributed by atoms with Crippen LogP contribution in [0.15, 0.2) is 12.1 Å². The molecule has 2 rings (SSSR count). The summed E-state index contributed by atoms with van der Waals surface area (Å²) in [5, 5.41) is 16.6. The summed E-state index contributed by atoms with van der Waals surface area (Å²) in [6.07, 6.45) is 0. The molecule has 0 saturated carbocycles. The number of aromatic nitrogens is 4. The Morgan fingerprint density at radius 1 is 1.23 bits per heavy atom. The lowest BCUT2D eigenvalue weighted by Crippen LogP contribution is -2.31. The third kappa shape index (κ3) is 3.74. The lowest BCUT2D eigenvalue weighted by atomic mass is 9.96. The molecule has 1 atom stereocenters. The molecule has 6 heteroatoms. The van der Waals surface area contributed by atoms with E-state index in [0.29, 0.717) is 12.5 Å². The first kappa shape index (κ1) is 16.7. The fourth-order valence-electron chi connectivity index (χ4n) is 2.17. The van der Waals surface area contributed by atoms with Crippen molar-refractivity contribution in [3.05, 3.63) is 18.0 Å². The van der Waals surface area contributed by atoms with Gasteiger partial charge in [-0.05, 0) is 25.0 Å². The predicted molar refractivity (Wildman–Crippen MR) is 88.2 cm³/mol. The van der Waals surface area contributed by atoms with Crippen LogP contribution in [0, 0.1) is 5.92 Å². The smallest absolute Gasteiger partial charge is 0.178 e. The van der Waals surface area contributed by atoms with E-state index in [1.807, 2.05) is 23.6 Å². The van der Waals surface area contributed by atoms with Crippen LogP contribution in [0.2, 0.25) is 0 Å². The highest BCUT2D eigenvalue weighted by Crippen LogP contribution is 2.21. The maximum Gasteiger partial charge on any atom is 0.178 e. The Balaban J connectivity index is 2.28. The Hall–Kier alpha value is -1.69. The van der Waals surface area contributed by atoms with Crippen molar-refractivity contribution in [1.82, 2.24) is 19.8 Å². The Labute approximate surface area is 132 Å². The second-order valence-electron chi connectivity index (χ2n) is 6.92. The number of fused-ring (bicyclic) bond motifs is 1. The molecule has 2 heterocycles. The topological polar surface area (TPSA) is 64.3 Å². The first-order valence-corrected chi connectivity index (χ1v) is 7.90. The number of nitrogens with zero attached hydrogens (tertiary/aromatic N) is 4. The van der Waals surface area contributed by atoms with Gasteiger partial charge in [-0.2, -0.15) is 4.52 Å². The number of nitrogens with one attached hydrogen (secondary N) is 1. The van der Waals surface area contributed by atoms with E-state index in [-0.39, 0.29) is 11.5 Å². The Kier molecular flexibility index (Phi) is 5.01. The average molecular weight is 305 g/mol. The van der Waals surface area contributed by atoms with Gasteiger partial charge in [-0.25, -0.2) is 0 Å². The van der Waals surface area contributed by atoms with Gasteiger partial charge in [0, 0.05) is 12.0 Å². The van der Waals surface area contributed by atoms with Crippen molar-refractivity contribution >= 4 is 11.5 Å². The number of hydrogen-bond donors (Lipinski definition) is 1. The van der Waals surface area contributed by atoms with Crippen molar-refractivity contribution < 1.29 is 4.74 Å². The number of rotatable bonds is 6. The van der Waals surface area contributed by atoms with Crippen LogP contribution < -0.4 is 5.32 Å². The summed E-state index contributed by atoms with van der Waals surface area (Å²) in [5.74, 6) is 2.13. The summed E-state index contributed by atoms with van der Waals surface area (Å²) in [6.45, 7) is 14.1. The van der Waals surface area contributed by atoms with Crippen molar-refractivity contribution in [2.24, 2.45) is 5.92 Å². The van der Waals surface area contributed by atoms with Gasteiger partial charge in [0.25, 0.3) is 0 Å². The van der Waals surface area contributed by atoms with E-state index in [2.05, 4.69) is 55.2 Å². The van der Waals surface area contributed by atoms with E-state index >= 15 is 0 Å². The Bertz CT molecular complexity index is 615. The molecule has 0 aliphatic carbocycles. The van der Waals surface area contributed by atoms with Gasteiger partial charge in [0.1, 0.15) is 5.82 Å². The van der Waals surface area contributed by atoms with Crippen LogP contribution in [0.25, 0.3) is 5.65 Å². The summed E-state index contributed by atoms with van der Waals surface area (Å²) < 4.78 is 7.38. The lowest BCUT2D eigenvalue weighted by Gasteiger charge is -2.23. The number of anilines is 1. The molecule has 0 aromatic carbocycles. The maximum atomic E-state index is 5.56. The van der Waals surface area contributed by atoms with Crippen molar-refractivity contribution in [2.45, 2.75) is 53.0 Å². The molecule has 6 nitrogen and oxygen atoms in total. The Morgan fingerprint density at radius 2 is 1.95 bits per heavy atom. The third-order valence-corrected chi connectivity index (χ3v) is 3.57. The van der Waals surface area contributed by atoms with Crippen molar-refractivity contribution in [3.63, 3.8) is 0 Å². The molecule has 2 aromatic rings. The van der Waals surface area contributed by atoms with Crippen LogP contribution in [0.3, 0.4) is 0 Å². The van der Waals surface area contributed by atoms with Gasteiger partial charge in [-0.3, -0.25) is 0 Å². The van der Waals surface area contributed by atoms with E-state index in [1.165, 1.54) is 0 Å². The van der Waals surface area contributed by atoms with Crippen LogP contribution >= 0.6 is 0 Å². The lowest BCUT2D eigenvalue weighted by molar-refractivity contribution is 0.126. The van der Waals surface area contributed by atoms with E-state index < -0.39 is 0 Å². The highest BCUT2D eigenvalue weighted by molar-refractivity contribution is 5.45. The highest BCUT2D eigenvalue weighted by Gasteiger charge is 2.22. The largest absolute Gasteiger partial charge is 0.380 e. The molecule has 0 amide bonds. The minimum absolute atomic E-state index is 0.103. The summed E-state index contributed by atoms with van der Waals surface area (Å²) >= 11 is 0. The molecule has 0 bridgehead atoms. The van der Waals surface area contributed by atoms with Gasteiger partial charge < -0.3 is 10.1 Å². The van der Waals surface area contributed by atoms with Crippen LogP contribution in [-0.4, -0.2) is 39.1 Å². The van der Waals surface area contributed by atoms with E-state index in [1.54, 1.807) is 0 Å². The molecule has 1 unspecified atom stereocenters. The zero-order valence-electron chi connectivity index (χ0n) is 14.4. The average Bonchev–Trinajstić information content (AvgIpc) is 2.86. The van der Waals surface area contributed by atoms with Crippen LogP contribution in [0.1, 0.15) is 47.4 Å². The van der Waals surface area contributed by atoms with Crippen molar-refractivity contribution in [3.8, 4) is 0 Å². The zero-order valence-corrected chi connectivity index (χ0v) is 14.4. The monoisotopic (exact) mass is 305 g/mol. The molecular formula is C16H27N5O. The minimum atomic E-state index is -0.103. The zero-order chi connectivity index (χ0) is 16.3. The fourth-order valence-corrected chi connectivity index (χ4v) is 2.17. The van der Waals surface area contributed by atoms with Gasteiger partial charge in [-0.1, -0.05) is 34.6 Å². The second-order valence-corrected chi connectivity index (χ2v) is 6.92. The summed E-state index contributed by atoms with van der Waals surface area (Å²) in [6, 6.07) is 4.10. The van der Waals surface area contributed by atoms with E-state index in [0.717, 1.165) is 23.9 Å². The molecule has 0 radical (unpaired) electrons. The molecule has 0 aliphatic heterocycles. The van der Waals surface area contributed by atoms with Gasteiger partial charge in [0.15, 0.2) is 11.5 Å². The molecule has 2 aromatic heterocycles. The first-order chi connectivity index (χ1) is 10.3. The van der Waals surface area contributed by atoms with Crippen LogP contribution in [0.5, 0.6) is 0 Å². The summed E-state index contributed by atoms with van der Waals surface area (Å²) in [4.78, 5) is 0. The predicted octanol–water partition coefficient (Wildman–Crippen LogP) is 2.89. The number of ether oxygens (including phenoxy) is 1. The van der Waals surface area contributed by atoms with Gasteiger partial charge in [-0.15, -0.1) is 15.3 Å². The van der Waals surface area contributed by atoms with Crippen LogP contribution in [-0.2, 0) is 10.2 Å². The molecule has 0 spiro atoms. The molecule has 0 aliphatic rings. The van der Waals surface area contributed by atoms with E-state index in [4.69, 9.17) is 4.74 Å². The standard InChI is InChI=1S/C16H27N5O/c1-7-22-10-12(11(2)3)17-13-8-9-14-18-19-15(16(4,5)6)21(14)20-13/h8-9,11-12H,7,10H2,1-6H3,(H,17,20). The quantitative estimate of drug-likeness (QED) is 0.889. The molecule has 0 saturated heterocycles. The first-order valence-electron chi connectivity index (χ1n) is 7.90. The second kappa shape index (κ2) is 6.60. The van der Waals surface area contributed by atoms with Crippen LogP contribution in [0.4, 0.5) is 5.82 Å². The summed E-state index contributed by atoms with van der Waals surface area (Å²) in [7, 11) is 0. The summed E-state index contributed by atoms with van der Waals surface area (Å²) in [5.41, 5.74) is 0.662. The molecule has 0 fully saturated rings. The highest BCUT2D eigenvalue weighted by atomic mass is 16.5. The SMILES string of the molecule is CCOCC(Nc1ccc2nnc(C(C)(C)C)n2n1)C(C)C. The maximum absolute atomic E-state index is 5.56. The van der Waals surface area contributed by atoms with Gasteiger partial charge in [0.2, 0.25) is 0 Å². The van der Waals surface area contributed by atoms with Crippen molar-refractivity contribution in [1.29, 1.82) is 0 Å². The molecular weight excluding hydrogens is 278 g/mol. The minimum Gasteiger partial charge on any atom is -0.380 e. The van der Waals surface area contributed by atoms with E-state index in [9.17, 15) is 0 Å². The number of hydrogen-bond acceptors (Lipinski definition) is 5. The molecule has 122 valence electrons. The normalized spacial score (nSPS) is 13.8. The molecule has 22 heavy (non-hydrogen) atoms. The third-order valence-electron chi connectivity index (χ3n) is 3.57.